The lowest BCUT2D eigenvalue weighted by atomic mass is 10.1. The number of amides is 1. The lowest BCUT2D eigenvalue weighted by molar-refractivity contribution is -0.917. The van der Waals surface area contributed by atoms with Crippen LogP contribution in [0.25, 0.3) is 0 Å². The average Bonchev–Trinajstić information content (AvgIpc) is 3.24. The molecular weight excluding hydrogens is 364 g/mol. The van der Waals surface area contributed by atoms with E-state index < -0.39 is 0 Å². The molecule has 0 atom stereocenters. The first-order valence-electron chi connectivity index (χ1n) is 10.1. The molecule has 1 aliphatic rings. The van der Waals surface area contributed by atoms with Crippen LogP contribution in [0.4, 0.5) is 0 Å². The van der Waals surface area contributed by atoms with Crippen LogP contribution < -0.4 is 9.64 Å². The quantitative estimate of drug-likeness (QED) is 0.703. The van der Waals surface area contributed by atoms with Crippen LogP contribution in [0.3, 0.4) is 0 Å². The van der Waals surface area contributed by atoms with Gasteiger partial charge in [-0.2, -0.15) is 0 Å². The van der Waals surface area contributed by atoms with Crippen molar-refractivity contribution in [3.05, 3.63) is 89.4 Å². The maximum absolute atomic E-state index is 12.8. The van der Waals surface area contributed by atoms with Gasteiger partial charge in [-0.15, -0.1) is 0 Å². The molecule has 150 valence electrons. The summed E-state index contributed by atoms with van der Waals surface area (Å²) < 4.78 is 11.4. The molecule has 3 aromatic rings. The third kappa shape index (κ3) is 4.87. The van der Waals surface area contributed by atoms with Crippen molar-refractivity contribution in [2.24, 2.45) is 0 Å². The molecule has 1 amide bonds. The monoisotopic (exact) mass is 391 g/mol. The Morgan fingerprint density at radius 3 is 2.48 bits per heavy atom. The van der Waals surface area contributed by atoms with Gasteiger partial charge in [0.25, 0.3) is 5.91 Å². The summed E-state index contributed by atoms with van der Waals surface area (Å²) in [6.07, 6.45) is 0. The van der Waals surface area contributed by atoms with Crippen molar-refractivity contribution in [1.82, 2.24) is 4.90 Å². The summed E-state index contributed by atoms with van der Waals surface area (Å²) in [5, 5.41) is 0. The third-order valence-electron chi connectivity index (χ3n) is 5.46. The van der Waals surface area contributed by atoms with Crippen LogP contribution in [0.5, 0.6) is 5.75 Å². The number of nitrogens with zero attached hydrogens (tertiary/aromatic N) is 1. The van der Waals surface area contributed by atoms with Gasteiger partial charge in [0, 0.05) is 5.56 Å². The normalized spacial score (nSPS) is 14.7. The smallest absolute Gasteiger partial charge is 0.289 e. The highest BCUT2D eigenvalue weighted by atomic mass is 16.5. The number of hydrogen-bond acceptors (Lipinski definition) is 3. The van der Waals surface area contributed by atoms with E-state index in [1.54, 1.807) is 6.07 Å². The largest absolute Gasteiger partial charge is 0.486 e. The van der Waals surface area contributed by atoms with Crippen LogP contribution in [-0.4, -0.2) is 37.0 Å². The Morgan fingerprint density at radius 2 is 1.72 bits per heavy atom. The van der Waals surface area contributed by atoms with Crippen molar-refractivity contribution < 1.29 is 18.8 Å². The lowest BCUT2D eigenvalue weighted by Gasteiger charge is -2.32. The number of carbonyl (C=O) groups is 1. The van der Waals surface area contributed by atoms with Gasteiger partial charge in [-0.1, -0.05) is 42.5 Å². The minimum absolute atomic E-state index is 0.0362. The number of quaternary nitrogens is 1. The highest BCUT2D eigenvalue weighted by molar-refractivity contribution is 5.91. The Labute approximate surface area is 171 Å². The maximum atomic E-state index is 12.8. The van der Waals surface area contributed by atoms with Gasteiger partial charge < -0.3 is 19.0 Å². The number of benzene rings is 2. The molecule has 4 rings (SSSR count). The Hall–Kier alpha value is -3.05. The summed E-state index contributed by atoms with van der Waals surface area (Å²) in [5.41, 5.74) is 2.72. The topological polar surface area (TPSA) is 47.1 Å². The SMILES string of the molecule is Cc1ccccc1C[NH+]1CCN(C(=O)c2ccc(COc3ccccc3)o2)CC1. The maximum Gasteiger partial charge on any atom is 0.289 e. The van der Waals surface area contributed by atoms with Crippen LogP contribution in [0.1, 0.15) is 27.4 Å². The van der Waals surface area contributed by atoms with Gasteiger partial charge in [0.05, 0.1) is 26.2 Å². The number of ether oxygens (including phenoxy) is 1. The summed E-state index contributed by atoms with van der Waals surface area (Å²) in [6, 6.07) is 21.7. The molecule has 0 spiro atoms. The molecule has 5 nitrogen and oxygen atoms in total. The molecule has 0 unspecified atom stereocenters. The van der Waals surface area contributed by atoms with E-state index in [-0.39, 0.29) is 5.91 Å². The van der Waals surface area contributed by atoms with Gasteiger partial charge in [0.2, 0.25) is 0 Å². The standard InChI is InChI=1S/C24H26N2O3/c1-19-7-5-6-8-20(19)17-25-13-15-26(16-14-25)24(27)23-12-11-22(29-23)18-28-21-9-3-2-4-10-21/h2-12H,13-18H2,1H3/p+1. The first-order valence-corrected chi connectivity index (χ1v) is 10.1. The van der Waals surface area contributed by atoms with Gasteiger partial charge >= 0.3 is 0 Å². The number of aryl methyl sites for hydroxylation is 1. The van der Waals surface area contributed by atoms with E-state index >= 15 is 0 Å². The number of furan rings is 1. The second kappa shape index (κ2) is 8.97. The van der Waals surface area contributed by atoms with Crippen LogP contribution >= 0.6 is 0 Å². The number of hydrogen-bond donors (Lipinski definition) is 1. The Kier molecular flexibility index (Phi) is 5.96. The zero-order chi connectivity index (χ0) is 20.1. The molecule has 0 bridgehead atoms. The van der Waals surface area contributed by atoms with E-state index in [2.05, 4.69) is 31.2 Å². The molecule has 1 fully saturated rings. The molecule has 5 heteroatoms. The summed E-state index contributed by atoms with van der Waals surface area (Å²) in [6.45, 7) is 6.87. The van der Waals surface area contributed by atoms with Gasteiger partial charge in [-0.25, -0.2) is 0 Å². The summed E-state index contributed by atoms with van der Waals surface area (Å²) in [4.78, 5) is 16.2. The number of carbonyl (C=O) groups excluding carboxylic acids is 1. The molecular formula is C24H27N2O3+. The molecule has 1 aromatic heterocycles. The number of nitrogens with one attached hydrogen (secondary N) is 1. The first-order chi connectivity index (χ1) is 14.2. The Balaban J connectivity index is 1.28. The van der Waals surface area contributed by atoms with Crippen LogP contribution in [0, 0.1) is 6.92 Å². The summed E-state index contributed by atoms with van der Waals surface area (Å²) in [5.74, 6) is 1.79. The van der Waals surface area contributed by atoms with Crippen molar-refractivity contribution in [2.45, 2.75) is 20.1 Å². The summed E-state index contributed by atoms with van der Waals surface area (Å²) >= 11 is 0. The first kappa shape index (κ1) is 19.3. The summed E-state index contributed by atoms with van der Waals surface area (Å²) in [7, 11) is 0. The van der Waals surface area contributed by atoms with Gasteiger partial charge in [-0.3, -0.25) is 4.79 Å². The van der Waals surface area contributed by atoms with Crippen molar-refractivity contribution in [3.8, 4) is 5.75 Å². The minimum atomic E-state index is -0.0362. The molecule has 0 aliphatic carbocycles. The highest BCUT2D eigenvalue weighted by Crippen LogP contribution is 2.15. The fourth-order valence-electron chi connectivity index (χ4n) is 3.68. The van der Waals surface area contributed by atoms with Crippen LogP contribution in [0.15, 0.2) is 71.1 Å². The van der Waals surface area contributed by atoms with E-state index in [0.717, 1.165) is 38.5 Å². The predicted octanol–water partition coefficient (Wildman–Crippen LogP) is 2.71. The van der Waals surface area contributed by atoms with Gasteiger partial charge in [0.1, 0.15) is 24.7 Å². The molecule has 0 saturated carbocycles. The van der Waals surface area contributed by atoms with Gasteiger partial charge in [-0.05, 0) is 36.8 Å². The van der Waals surface area contributed by atoms with Gasteiger partial charge in [0.15, 0.2) is 5.76 Å². The van der Waals surface area contributed by atoms with Crippen molar-refractivity contribution >= 4 is 5.91 Å². The van der Waals surface area contributed by atoms with Crippen molar-refractivity contribution in [3.63, 3.8) is 0 Å². The number of piperazine rings is 1. The molecule has 1 saturated heterocycles. The highest BCUT2D eigenvalue weighted by Gasteiger charge is 2.26. The Bertz CT molecular complexity index is 944. The fraction of sp³-hybridized carbons (Fsp3) is 0.292. The second-order valence-corrected chi connectivity index (χ2v) is 7.51. The van der Waals surface area contributed by atoms with Crippen molar-refractivity contribution in [1.29, 1.82) is 0 Å². The molecule has 1 N–H and O–H groups in total. The van der Waals surface area contributed by atoms with E-state index in [1.165, 1.54) is 16.0 Å². The van der Waals surface area contributed by atoms with Crippen LogP contribution in [0.2, 0.25) is 0 Å². The molecule has 1 aliphatic heterocycles. The zero-order valence-electron chi connectivity index (χ0n) is 16.8. The van der Waals surface area contributed by atoms with E-state index in [0.29, 0.717) is 18.1 Å². The van der Waals surface area contributed by atoms with E-state index in [1.807, 2.05) is 41.3 Å². The number of rotatable bonds is 6. The lowest BCUT2D eigenvalue weighted by Crippen LogP contribution is -3.13. The van der Waals surface area contributed by atoms with Crippen LogP contribution in [-0.2, 0) is 13.2 Å². The third-order valence-corrected chi connectivity index (χ3v) is 5.46. The molecule has 2 aromatic carbocycles. The second-order valence-electron chi connectivity index (χ2n) is 7.51. The zero-order valence-corrected chi connectivity index (χ0v) is 16.8. The predicted molar refractivity (Wildman–Crippen MR) is 111 cm³/mol. The average molecular weight is 391 g/mol. The fourth-order valence-corrected chi connectivity index (χ4v) is 3.68. The molecule has 2 heterocycles. The molecule has 0 radical (unpaired) electrons. The van der Waals surface area contributed by atoms with E-state index in [9.17, 15) is 4.79 Å². The van der Waals surface area contributed by atoms with E-state index in [4.69, 9.17) is 9.15 Å². The molecule has 29 heavy (non-hydrogen) atoms. The van der Waals surface area contributed by atoms with Crippen molar-refractivity contribution in [2.75, 3.05) is 26.2 Å². The minimum Gasteiger partial charge on any atom is -0.486 e. The number of para-hydroxylation sites is 1. The Morgan fingerprint density at radius 1 is 1.00 bits per heavy atom.